The Hall–Kier alpha value is -3.05. The molecule has 0 amide bonds. The Morgan fingerprint density at radius 3 is 2.19 bits per heavy atom. The smallest absolute Gasteiger partial charge is 0.416 e. The van der Waals surface area contributed by atoms with Crippen molar-refractivity contribution in [2.24, 2.45) is 0 Å². The number of hydrogen-bond acceptors (Lipinski definition) is 5. The van der Waals surface area contributed by atoms with Gasteiger partial charge in [0.25, 0.3) is 0 Å². The van der Waals surface area contributed by atoms with Gasteiger partial charge in [-0.05, 0) is 36.4 Å². The van der Waals surface area contributed by atoms with Crippen LogP contribution in [0.3, 0.4) is 0 Å². The highest BCUT2D eigenvalue weighted by Gasteiger charge is 2.44. The molecule has 0 radical (unpaired) electrons. The average molecular weight is 533 g/mol. The minimum absolute atomic E-state index is 0.0463. The zero-order valence-corrected chi connectivity index (χ0v) is 19.7. The maximum absolute atomic E-state index is 13.4. The maximum Gasteiger partial charge on any atom is 0.416 e. The number of hydrazine groups is 1. The molecule has 0 spiro atoms. The van der Waals surface area contributed by atoms with E-state index >= 15 is 0 Å². The van der Waals surface area contributed by atoms with Gasteiger partial charge in [-0.1, -0.05) is 30.3 Å². The zero-order chi connectivity index (χ0) is 26.1. The SMILES string of the molecule is C=C(COC1=CC(C(F)(F)F)NN1c1ccccc1Cl)N1CCN(c2ccc(C(F)(F)F)cc2)CC1. The number of hydrogen-bond donors (Lipinski definition) is 1. The van der Waals surface area contributed by atoms with Gasteiger partial charge in [-0.3, -0.25) is 0 Å². The van der Waals surface area contributed by atoms with E-state index in [0.29, 0.717) is 43.3 Å². The Morgan fingerprint density at radius 1 is 0.972 bits per heavy atom. The van der Waals surface area contributed by atoms with Crippen molar-refractivity contribution in [2.75, 3.05) is 42.7 Å². The third-order valence-corrected chi connectivity index (χ3v) is 6.24. The van der Waals surface area contributed by atoms with Crippen molar-refractivity contribution in [3.63, 3.8) is 0 Å². The van der Waals surface area contributed by atoms with Gasteiger partial charge in [0.15, 0.2) is 0 Å². The fraction of sp³-hybridized carbons (Fsp3) is 0.333. The van der Waals surface area contributed by atoms with Crippen LogP contribution in [0.1, 0.15) is 5.56 Å². The topological polar surface area (TPSA) is 31.0 Å². The summed E-state index contributed by atoms with van der Waals surface area (Å²) in [6, 6.07) is 9.49. The van der Waals surface area contributed by atoms with Crippen LogP contribution in [0.25, 0.3) is 0 Å². The number of para-hydroxylation sites is 1. The van der Waals surface area contributed by atoms with Crippen LogP contribution in [0.2, 0.25) is 5.02 Å². The van der Waals surface area contributed by atoms with E-state index in [-0.39, 0.29) is 17.5 Å². The second kappa shape index (κ2) is 10.1. The van der Waals surface area contributed by atoms with E-state index < -0.39 is 24.0 Å². The van der Waals surface area contributed by atoms with E-state index in [1.807, 2.05) is 9.80 Å². The molecule has 1 saturated heterocycles. The van der Waals surface area contributed by atoms with E-state index in [1.54, 1.807) is 24.3 Å². The Morgan fingerprint density at radius 2 is 1.61 bits per heavy atom. The minimum atomic E-state index is -4.53. The van der Waals surface area contributed by atoms with Gasteiger partial charge in [0.2, 0.25) is 5.88 Å². The lowest BCUT2D eigenvalue weighted by atomic mass is 10.1. The number of anilines is 2. The summed E-state index contributed by atoms with van der Waals surface area (Å²) >= 11 is 6.18. The lowest BCUT2D eigenvalue weighted by Crippen LogP contribution is -2.46. The van der Waals surface area contributed by atoms with Crippen molar-refractivity contribution in [1.29, 1.82) is 0 Å². The van der Waals surface area contributed by atoms with Crippen molar-refractivity contribution in [2.45, 2.75) is 18.4 Å². The standard InChI is InChI=1S/C24H23ClF6N4O/c1-16(33-10-12-34(13-11-33)18-8-6-17(7-9-18)23(26,27)28)15-36-22-14-21(24(29,30)31)32-35(22)20-5-3-2-4-19(20)25/h2-9,14,21,32H,1,10-13,15H2. The van der Waals surface area contributed by atoms with Crippen molar-refractivity contribution in [1.82, 2.24) is 10.3 Å². The summed E-state index contributed by atoms with van der Waals surface area (Å²) < 4.78 is 84.2. The van der Waals surface area contributed by atoms with Gasteiger partial charge in [0, 0.05) is 43.6 Å². The average Bonchev–Trinajstić information content (AvgIpc) is 3.27. The van der Waals surface area contributed by atoms with Gasteiger partial charge >= 0.3 is 12.4 Å². The van der Waals surface area contributed by atoms with Crippen LogP contribution in [0.4, 0.5) is 37.7 Å². The van der Waals surface area contributed by atoms with Gasteiger partial charge in [-0.2, -0.15) is 26.3 Å². The number of alkyl halides is 6. The quantitative estimate of drug-likeness (QED) is 0.475. The van der Waals surface area contributed by atoms with Gasteiger partial charge < -0.3 is 14.5 Å². The lowest BCUT2D eigenvalue weighted by molar-refractivity contribution is -0.142. The van der Waals surface area contributed by atoms with Gasteiger partial charge in [-0.25, -0.2) is 10.4 Å². The van der Waals surface area contributed by atoms with Crippen LogP contribution in [-0.4, -0.2) is 49.9 Å². The third kappa shape index (κ3) is 5.84. The van der Waals surface area contributed by atoms with Crippen LogP contribution >= 0.6 is 11.6 Å². The molecule has 2 heterocycles. The van der Waals surface area contributed by atoms with E-state index in [4.69, 9.17) is 16.3 Å². The van der Waals surface area contributed by atoms with E-state index in [2.05, 4.69) is 12.0 Å². The highest BCUT2D eigenvalue weighted by Crippen LogP contribution is 2.34. The molecule has 12 heteroatoms. The molecule has 1 unspecified atom stereocenters. The molecule has 36 heavy (non-hydrogen) atoms. The predicted octanol–water partition coefficient (Wildman–Crippen LogP) is 5.81. The summed E-state index contributed by atoms with van der Waals surface area (Å²) in [6.45, 7) is 6.08. The zero-order valence-electron chi connectivity index (χ0n) is 18.9. The molecule has 1 fully saturated rings. The molecule has 4 rings (SSSR count). The van der Waals surface area contributed by atoms with Crippen LogP contribution in [0, 0.1) is 0 Å². The number of piperazine rings is 1. The second-order valence-corrected chi connectivity index (χ2v) is 8.72. The molecule has 2 aromatic rings. The van der Waals surface area contributed by atoms with E-state index in [0.717, 1.165) is 23.2 Å². The van der Waals surface area contributed by atoms with Crippen LogP contribution < -0.4 is 15.3 Å². The first kappa shape index (κ1) is 26.0. The maximum atomic E-state index is 13.4. The number of rotatable bonds is 6. The number of nitrogens with one attached hydrogen (secondary N) is 1. The Labute approximate surface area is 209 Å². The van der Waals surface area contributed by atoms with Gasteiger partial charge in [0.1, 0.15) is 12.6 Å². The summed E-state index contributed by atoms with van der Waals surface area (Å²) in [5.74, 6) is -0.0463. The molecule has 1 atom stereocenters. The fourth-order valence-corrected chi connectivity index (χ4v) is 4.17. The van der Waals surface area contributed by atoms with Crippen LogP contribution in [0.15, 0.2) is 72.8 Å². The van der Waals surface area contributed by atoms with Crippen molar-refractivity contribution in [3.8, 4) is 0 Å². The lowest BCUT2D eigenvalue weighted by Gasteiger charge is -2.38. The first-order chi connectivity index (χ1) is 16.9. The Kier molecular flexibility index (Phi) is 7.33. The van der Waals surface area contributed by atoms with Crippen molar-refractivity contribution >= 4 is 23.0 Å². The summed E-state index contributed by atoms with van der Waals surface area (Å²) in [5.41, 5.74) is 3.22. The van der Waals surface area contributed by atoms with Gasteiger partial charge in [0.05, 0.1) is 16.3 Å². The largest absolute Gasteiger partial charge is 0.472 e. The van der Waals surface area contributed by atoms with Crippen molar-refractivity contribution in [3.05, 3.63) is 83.4 Å². The van der Waals surface area contributed by atoms with Crippen LogP contribution in [-0.2, 0) is 10.9 Å². The highest BCUT2D eigenvalue weighted by molar-refractivity contribution is 6.33. The first-order valence-electron chi connectivity index (χ1n) is 11.0. The van der Waals surface area contributed by atoms with Gasteiger partial charge in [-0.15, -0.1) is 0 Å². The third-order valence-electron chi connectivity index (χ3n) is 5.92. The Balaban J connectivity index is 1.35. The number of halogens is 7. The molecule has 0 bridgehead atoms. The second-order valence-electron chi connectivity index (χ2n) is 8.31. The molecule has 194 valence electrons. The molecular formula is C24H23ClF6N4O. The summed E-state index contributed by atoms with van der Waals surface area (Å²) in [7, 11) is 0. The van der Waals surface area contributed by atoms with E-state index in [9.17, 15) is 26.3 Å². The summed E-state index contributed by atoms with van der Waals surface area (Å²) in [4.78, 5) is 3.89. The molecule has 2 aliphatic heterocycles. The highest BCUT2D eigenvalue weighted by atomic mass is 35.5. The Bertz CT molecular complexity index is 1110. The van der Waals surface area contributed by atoms with E-state index in [1.165, 1.54) is 12.1 Å². The summed E-state index contributed by atoms with van der Waals surface area (Å²) in [6.07, 6.45) is -7.98. The minimum Gasteiger partial charge on any atom is -0.472 e. The molecule has 1 N–H and O–H groups in total. The molecule has 0 aromatic heterocycles. The molecule has 0 saturated carbocycles. The normalized spacial score (nSPS) is 18.9. The number of nitrogens with zero attached hydrogens (tertiary/aromatic N) is 3. The molecular weight excluding hydrogens is 510 g/mol. The van der Waals surface area contributed by atoms with Crippen molar-refractivity contribution < 1.29 is 31.1 Å². The first-order valence-corrected chi connectivity index (χ1v) is 11.4. The fourth-order valence-electron chi connectivity index (χ4n) is 3.95. The molecule has 5 nitrogen and oxygen atoms in total. The van der Waals surface area contributed by atoms with Crippen LogP contribution in [0.5, 0.6) is 0 Å². The number of ether oxygens (including phenoxy) is 1. The summed E-state index contributed by atoms with van der Waals surface area (Å²) in [5, 5.41) is 1.41. The predicted molar refractivity (Wildman–Crippen MR) is 125 cm³/mol. The molecule has 0 aliphatic carbocycles. The monoisotopic (exact) mass is 532 g/mol. The molecule has 2 aliphatic rings. The molecule has 2 aromatic carbocycles. The number of benzene rings is 2.